The minimum Gasteiger partial charge on any atom is -0.394 e. The zero-order valence-electron chi connectivity index (χ0n) is 23.0. The summed E-state index contributed by atoms with van der Waals surface area (Å²) in [4.78, 5) is 24.4. The minimum absolute atomic E-state index is 0.0141. The molecule has 0 bridgehead atoms. The fourth-order valence-corrected chi connectivity index (χ4v) is 5.40. The zero-order valence-corrected chi connectivity index (χ0v) is 23.0. The number of carbonyl (C=O) groups is 2. The summed E-state index contributed by atoms with van der Waals surface area (Å²) in [5.74, 6) is -1.36. The SMILES string of the molecule is CC(=O)N[C@@H]1[C@@H](O)[C@@H](O[C@@H]2[C@@H](O)[C@H](O[C@H]3O[C@H](CN)CC[C@H]3N)[C@@H](N)C[C@H]2NC(=O)[C@@H](O)CCN)O[C@H](CO)[C@H]1O. The highest BCUT2D eigenvalue weighted by Gasteiger charge is 2.52. The third kappa shape index (κ3) is 8.29. The van der Waals surface area contributed by atoms with Crippen LogP contribution in [0.3, 0.4) is 0 Å². The van der Waals surface area contributed by atoms with Crippen molar-refractivity contribution in [3.8, 4) is 0 Å². The highest BCUT2D eigenvalue weighted by Crippen LogP contribution is 2.32. The smallest absolute Gasteiger partial charge is 0.249 e. The van der Waals surface area contributed by atoms with E-state index >= 15 is 0 Å². The van der Waals surface area contributed by atoms with Crippen LogP contribution in [0.4, 0.5) is 0 Å². The molecule has 0 aromatic carbocycles. The van der Waals surface area contributed by atoms with Gasteiger partial charge in [0.05, 0.1) is 30.8 Å². The summed E-state index contributed by atoms with van der Waals surface area (Å²) in [5, 5.41) is 57.8. The van der Waals surface area contributed by atoms with Crippen LogP contribution in [-0.2, 0) is 28.5 Å². The number of carbonyl (C=O) groups excluding carboxylic acids is 2. The Hall–Kier alpha value is -1.58. The lowest BCUT2D eigenvalue weighted by Crippen LogP contribution is -2.69. The first kappa shape index (κ1) is 33.9. The van der Waals surface area contributed by atoms with Crippen molar-refractivity contribution >= 4 is 11.8 Å². The van der Waals surface area contributed by atoms with Gasteiger partial charge in [-0.25, -0.2) is 0 Å². The van der Waals surface area contributed by atoms with Gasteiger partial charge in [-0.2, -0.15) is 0 Å². The van der Waals surface area contributed by atoms with Crippen LogP contribution in [0.2, 0.25) is 0 Å². The fourth-order valence-electron chi connectivity index (χ4n) is 5.40. The standard InChI is InChI=1S/C24H46N6O11/c1-9(32)29-16-17(34)15(8-31)39-24(18(16)35)41-21-13(30-22(37)14(33)4-5-25)6-12(28)20(19(21)36)40-23-11(27)3-2-10(7-26)38-23/h10-21,23-24,31,33-36H,2-8,25-28H2,1H3,(H,29,32)(H,30,37)/t10-,11+,12-,13+,14-,15+,16-,17+,18+,19-,20+,21-,23+,24+/m0/s1. The van der Waals surface area contributed by atoms with Crippen molar-refractivity contribution in [1.29, 1.82) is 0 Å². The number of hydrogen-bond acceptors (Lipinski definition) is 15. The summed E-state index contributed by atoms with van der Waals surface area (Å²) < 4.78 is 23.4. The predicted molar refractivity (Wildman–Crippen MR) is 140 cm³/mol. The van der Waals surface area contributed by atoms with Crippen molar-refractivity contribution < 1.29 is 54.1 Å². The Kier molecular flexibility index (Phi) is 12.6. The van der Waals surface area contributed by atoms with Gasteiger partial charge in [0.25, 0.3) is 0 Å². The third-order valence-electron chi connectivity index (χ3n) is 7.69. The van der Waals surface area contributed by atoms with Crippen LogP contribution >= 0.6 is 0 Å². The Morgan fingerprint density at radius 3 is 2.24 bits per heavy atom. The topological polar surface area (TPSA) is 300 Å². The average Bonchev–Trinajstić information content (AvgIpc) is 2.93. The van der Waals surface area contributed by atoms with Crippen LogP contribution < -0.4 is 33.6 Å². The van der Waals surface area contributed by atoms with Crippen LogP contribution in [0, 0.1) is 0 Å². The number of aliphatic hydroxyl groups is 5. The molecule has 0 aromatic heterocycles. The lowest BCUT2D eigenvalue weighted by molar-refractivity contribution is -0.315. The zero-order chi connectivity index (χ0) is 30.4. The molecule has 41 heavy (non-hydrogen) atoms. The summed E-state index contributed by atoms with van der Waals surface area (Å²) in [7, 11) is 0. The van der Waals surface area contributed by atoms with Crippen LogP contribution in [0.15, 0.2) is 0 Å². The molecular weight excluding hydrogens is 548 g/mol. The molecular formula is C24H46N6O11. The second-order valence-electron chi connectivity index (χ2n) is 10.8. The molecule has 14 atom stereocenters. The lowest BCUT2D eigenvalue weighted by Gasteiger charge is -2.48. The van der Waals surface area contributed by atoms with Crippen LogP contribution in [0.5, 0.6) is 0 Å². The van der Waals surface area contributed by atoms with E-state index < -0.39 is 97.9 Å². The van der Waals surface area contributed by atoms with Gasteiger partial charge in [-0.05, 0) is 32.2 Å². The number of amides is 2. The number of aliphatic hydroxyl groups excluding tert-OH is 5. The van der Waals surface area contributed by atoms with E-state index in [1.165, 1.54) is 6.92 Å². The Labute approximate surface area is 237 Å². The largest absolute Gasteiger partial charge is 0.394 e. The van der Waals surface area contributed by atoms with E-state index in [1.807, 2.05) is 0 Å². The Morgan fingerprint density at radius 1 is 0.951 bits per heavy atom. The molecule has 238 valence electrons. The number of nitrogens with two attached hydrogens (primary N) is 4. The van der Waals surface area contributed by atoms with Gasteiger partial charge >= 0.3 is 0 Å². The Bertz CT molecular complexity index is 861. The third-order valence-corrected chi connectivity index (χ3v) is 7.69. The summed E-state index contributed by atoms with van der Waals surface area (Å²) in [6.45, 7) is 0.776. The van der Waals surface area contributed by atoms with Crippen molar-refractivity contribution in [2.24, 2.45) is 22.9 Å². The van der Waals surface area contributed by atoms with Crippen molar-refractivity contribution in [2.45, 2.75) is 118 Å². The average molecular weight is 595 g/mol. The van der Waals surface area contributed by atoms with Gasteiger partial charge in [0.15, 0.2) is 12.6 Å². The van der Waals surface area contributed by atoms with Gasteiger partial charge in [-0.15, -0.1) is 0 Å². The van der Waals surface area contributed by atoms with Gasteiger partial charge < -0.3 is 78.0 Å². The van der Waals surface area contributed by atoms with Crippen LogP contribution in [0.1, 0.15) is 32.6 Å². The number of nitrogens with one attached hydrogen (secondary N) is 2. The first-order valence-corrected chi connectivity index (χ1v) is 13.8. The number of hydrogen-bond donors (Lipinski definition) is 11. The van der Waals surface area contributed by atoms with Gasteiger partial charge in [0, 0.05) is 19.5 Å². The monoisotopic (exact) mass is 594 g/mol. The molecule has 0 unspecified atom stereocenters. The molecule has 2 saturated heterocycles. The highest BCUT2D eigenvalue weighted by molar-refractivity contribution is 5.80. The molecule has 17 heteroatoms. The number of ether oxygens (including phenoxy) is 4. The molecule has 0 aromatic rings. The van der Waals surface area contributed by atoms with E-state index in [-0.39, 0.29) is 32.0 Å². The quantitative estimate of drug-likeness (QED) is 0.106. The maximum atomic E-state index is 12.7. The van der Waals surface area contributed by atoms with E-state index in [1.54, 1.807) is 0 Å². The van der Waals surface area contributed by atoms with Crippen LogP contribution in [0.25, 0.3) is 0 Å². The summed E-state index contributed by atoms with van der Waals surface area (Å²) in [6.07, 6.45) is -11.6. The van der Waals surface area contributed by atoms with Crippen molar-refractivity contribution in [1.82, 2.24) is 10.6 Å². The van der Waals surface area contributed by atoms with Gasteiger partial charge in [0.2, 0.25) is 11.8 Å². The summed E-state index contributed by atoms with van der Waals surface area (Å²) in [6, 6.07) is -3.71. The van der Waals surface area contributed by atoms with Crippen molar-refractivity contribution in [2.75, 3.05) is 19.7 Å². The Morgan fingerprint density at radius 2 is 1.63 bits per heavy atom. The first-order chi connectivity index (χ1) is 19.4. The molecule has 3 rings (SSSR count). The molecule has 3 fully saturated rings. The lowest BCUT2D eigenvalue weighted by atomic mass is 9.83. The van der Waals surface area contributed by atoms with Crippen molar-refractivity contribution in [3.05, 3.63) is 0 Å². The maximum Gasteiger partial charge on any atom is 0.249 e. The summed E-state index contributed by atoms with van der Waals surface area (Å²) >= 11 is 0. The highest BCUT2D eigenvalue weighted by atomic mass is 16.7. The molecule has 0 radical (unpaired) electrons. The van der Waals surface area contributed by atoms with E-state index in [0.717, 1.165) is 0 Å². The van der Waals surface area contributed by atoms with Gasteiger partial charge in [0.1, 0.15) is 42.7 Å². The second kappa shape index (κ2) is 15.2. The molecule has 2 amide bonds. The molecule has 1 aliphatic carbocycles. The van der Waals surface area contributed by atoms with Crippen molar-refractivity contribution in [3.63, 3.8) is 0 Å². The molecule has 3 aliphatic rings. The van der Waals surface area contributed by atoms with Gasteiger partial charge in [-0.1, -0.05) is 0 Å². The molecule has 2 aliphatic heterocycles. The molecule has 2 heterocycles. The van der Waals surface area contributed by atoms with E-state index in [4.69, 9.17) is 41.9 Å². The number of rotatable bonds is 11. The van der Waals surface area contributed by atoms with E-state index in [2.05, 4.69) is 10.6 Å². The van der Waals surface area contributed by atoms with Gasteiger partial charge in [-0.3, -0.25) is 9.59 Å². The fraction of sp³-hybridized carbons (Fsp3) is 0.917. The van der Waals surface area contributed by atoms with Crippen LogP contribution in [-0.4, -0.2) is 143 Å². The molecule has 15 N–H and O–H groups in total. The normalized spacial score (nSPS) is 42.3. The maximum absolute atomic E-state index is 12.7. The minimum atomic E-state index is -1.65. The Balaban J connectivity index is 1.86. The van der Waals surface area contributed by atoms with E-state index in [0.29, 0.717) is 12.8 Å². The molecule has 0 spiro atoms. The first-order valence-electron chi connectivity index (χ1n) is 13.8. The molecule has 1 saturated carbocycles. The second-order valence-corrected chi connectivity index (χ2v) is 10.8. The van der Waals surface area contributed by atoms with E-state index in [9.17, 15) is 35.1 Å². The summed E-state index contributed by atoms with van der Waals surface area (Å²) in [5.41, 5.74) is 23.7. The molecule has 17 nitrogen and oxygen atoms in total. The predicted octanol–water partition coefficient (Wildman–Crippen LogP) is -6.22.